The molecule has 4 amide bonds. The Morgan fingerprint density at radius 1 is 1.29 bits per heavy atom. The molecule has 3 rings (SSSR count). The van der Waals surface area contributed by atoms with E-state index in [-0.39, 0.29) is 24.8 Å². The normalized spacial score (nSPS) is 16.2. The summed E-state index contributed by atoms with van der Waals surface area (Å²) < 4.78 is 5.11. The van der Waals surface area contributed by atoms with Gasteiger partial charge in [-0.2, -0.15) is 0 Å². The molecule has 148 valence electrons. The molecule has 1 unspecified atom stereocenters. The number of amides is 4. The van der Waals surface area contributed by atoms with Gasteiger partial charge in [-0.3, -0.25) is 14.5 Å². The number of anilines is 1. The van der Waals surface area contributed by atoms with Gasteiger partial charge in [0.2, 0.25) is 5.91 Å². The molecule has 0 radical (unpaired) electrons. The van der Waals surface area contributed by atoms with Gasteiger partial charge < -0.3 is 15.4 Å². The minimum atomic E-state index is -0.856. The second-order valence-electron chi connectivity index (χ2n) is 6.50. The van der Waals surface area contributed by atoms with Gasteiger partial charge in [-0.15, -0.1) is 11.3 Å². The molecule has 1 saturated heterocycles. The Labute approximate surface area is 166 Å². The Bertz CT molecular complexity index is 874. The minimum absolute atomic E-state index is 0.124. The quantitative estimate of drug-likeness (QED) is 0.692. The number of ether oxygens (including phenoxy) is 1. The lowest BCUT2D eigenvalue weighted by Crippen LogP contribution is -2.34. The fourth-order valence-corrected chi connectivity index (χ4v) is 3.67. The monoisotopic (exact) mass is 402 g/mol. The van der Waals surface area contributed by atoms with E-state index >= 15 is 0 Å². The van der Waals surface area contributed by atoms with Crippen LogP contribution in [-0.2, 0) is 16.0 Å². The van der Waals surface area contributed by atoms with Gasteiger partial charge in [-0.1, -0.05) is 12.1 Å². The molecule has 1 aromatic carbocycles. The Kier molecular flexibility index (Phi) is 5.93. The Morgan fingerprint density at radius 2 is 2.00 bits per heavy atom. The van der Waals surface area contributed by atoms with Crippen LogP contribution in [0.4, 0.5) is 9.93 Å². The number of imide groups is 1. The van der Waals surface area contributed by atoms with Gasteiger partial charge in [-0.25, -0.2) is 9.78 Å². The lowest BCUT2D eigenvalue weighted by atomic mass is 10.1. The molecule has 2 aromatic rings. The molecule has 0 saturated carbocycles. The summed E-state index contributed by atoms with van der Waals surface area (Å²) in [6.07, 6.45) is 0.404. The molecule has 8 nitrogen and oxygen atoms in total. The van der Waals surface area contributed by atoms with Gasteiger partial charge in [0.25, 0.3) is 5.91 Å². The van der Waals surface area contributed by atoms with Gasteiger partial charge in [0.05, 0.1) is 19.2 Å². The predicted octanol–water partition coefficient (Wildman–Crippen LogP) is 2.26. The van der Waals surface area contributed by atoms with Crippen LogP contribution in [-0.4, -0.2) is 47.4 Å². The van der Waals surface area contributed by atoms with Crippen LogP contribution in [0.1, 0.15) is 22.6 Å². The van der Waals surface area contributed by atoms with E-state index in [1.54, 1.807) is 7.11 Å². The molecular weight excluding hydrogens is 380 g/mol. The first-order valence-electron chi connectivity index (χ1n) is 8.86. The number of rotatable bonds is 7. The third kappa shape index (κ3) is 4.48. The molecule has 1 atom stereocenters. The SMILES string of the molecule is COc1ccc(CCN2C(=O)NC(CC(=O)Nc3nc(C)c(C)s3)C2=O)cc1. The van der Waals surface area contributed by atoms with Gasteiger partial charge in [-0.05, 0) is 38.0 Å². The zero-order valence-electron chi connectivity index (χ0n) is 15.9. The van der Waals surface area contributed by atoms with Gasteiger partial charge in [0, 0.05) is 11.4 Å². The van der Waals surface area contributed by atoms with Gasteiger partial charge in [0.1, 0.15) is 11.8 Å². The number of nitrogens with one attached hydrogen (secondary N) is 2. The van der Waals surface area contributed by atoms with Crippen molar-refractivity contribution in [2.75, 3.05) is 19.0 Å². The highest BCUT2D eigenvalue weighted by Gasteiger charge is 2.38. The first-order valence-corrected chi connectivity index (χ1v) is 9.67. The Balaban J connectivity index is 1.54. The van der Waals surface area contributed by atoms with Crippen molar-refractivity contribution in [1.29, 1.82) is 0 Å². The Morgan fingerprint density at radius 3 is 2.61 bits per heavy atom. The number of aryl methyl sites for hydroxylation is 2. The van der Waals surface area contributed by atoms with Crippen molar-refractivity contribution in [2.45, 2.75) is 32.7 Å². The predicted molar refractivity (Wildman–Crippen MR) is 106 cm³/mol. The highest BCUT2D eigenvalue weighted by molar-refractivity contribution is 7.15. The van der Waals surface area contributed by atoms with Crippen molar-refractivity contribution < 1.29 is 19.1 Å². The van der Waals surface area contributed by atoms with Crippen molar-refractivity contribution in [3.63, 3.8) is 0 Å². The molecule has 28 heavy (non-hydrogen) atoms. The highest BCUT2D eigenvalue weighted by atomic mass is 32.1. The van der Waals surface area contributed by atoms with E-state index in [0.29, 0.717) is 11.6 Å². The standard InChI is InChI=1S/C19H22N4O4S/c1-11-12(2)28-18(20-11)22-16(24)10-15-17(25)23(19(26)21-15)9-8-13-4-6-14(27-3)7-5-13/h4-7,15H,8-10H2,1-3H3,(H,21,26)(H,20,22,24). The van der Waals surface area contributed by atoms with E-state index in [4.69, 9.17) is 4.74 Å². The fraction of sp³-hybridized carbons (Fsp3) is 0.368. The lowest BCUT2D eigenvalue weighted by molar-refractivity contribution is -0.129. The van der Waals surface area contributed by atoms with E-state index in [2.05, 4.69) is 15.6 Å². The molecule has 2 heterocycles. The summed E-state index contributed by atoms with van der Waals surface area (Å²) in [6.45, 7) is 4.03. The average molecular weight is 402 g/mol. The number of thiazole rings is 1. The zero-order chi connectivity index (χ0) is 20.3. The summed E-state index contributed by atoms with van der Waals surface area (Å²) in [6, 6.07) is 6.11. The zero-order valence-corrected chi connectivity index (χ0v) is 16.8. The van der Waals surface area contributed by atoms with Crippen LogP contribution in [0.2, 0.25) is 0 Å². The van der Waals surface area contributed by atoms with Crippen LogP contribution in [0.5, 0.6) is 5.75 Å². The third-order valence-electron chi connectivity index (χ3n) is 4.55. The first-order chi connectivity index (χ1) is 13.4. The second kappa shape index (κ2) is 8.39. The molecule has 1 aliphatic heterocycles. The van der Waals surface area contributed by atoms with Crippen molar-refractivity contribution in [2.24, 2.45) is 0 Å². The summed E-state index contributed by atoms with van der Waals surface area (Å²) >= 11 is 1.38. The number of nitrogens with zero attached hydrogens (tertiary/aromatic N) is 2. The summed E-state index contributed by atoms with van der Waals surface area (Å²) in [4.78, 5) is 43.3. The number of methoxy groups -OCH3 is 1. The number of urea groups is 1. The van der Waals surface area contributed by atoms with E-state index in [1.165, 1.54) is 11.3 Å². The largest absolute Gasteiger partial charge is 0.497 e. The molecule has 9 heteroatoms. The average Bonchev–Trinajstić information content (AvgIpc) is 3.11. The molecule has 1 aliphatic rings. The van der Waals surface area contributed by atoms with E-state index < -0.39 is 12.1 Å². The number of carbonyl (C=O) groups is 3. The summed E-state index contributed by atoms with van der Waals surface area (Å²) in [5, 5.41) is 5.76. The minimum Gasteiger partial charge on any atom is -0.497 e. The molecule has 1 fully saturated rings. The lowest BCUT2D eigenvalue weighted by Gasteiger charge is -2.13. The molecule has 0 spiro atoms. The van der Waals surface area contributed by atoms with Crippen LogP contribution in [0.25, 0.3) is 0 Å². The number of aromatic nitrogens is 1. The van der Waals surface area contributed by atoms with Crippen LogP contribution in [0.3, 0.4) is 0 Å². The van der Waals surface area contributed by atoms with Crippen LogP contribution >= 0.6 is 11.3 Å². The third-order valence-corrected chi connectivity index (χ3v) is 5.54. The summed E-state index contributed by atoms with van der Waals surface area (Å²) in [5.74, 6) is 0.00000216. The molecule has 0 aliphatic carbocycles. The van der Waals surface area contributed by atoms with Gasteiger partial charge >= 0.3 is 6.03 Å². The highest BCUT2D eigenvalue weighted by Crippen LogP contribution is 2.21. The smallest absolute Gasteiger partial charge is 0.324 e. The number of carbonyl (C=O) groups excluding carboxylic acids is 3. The molecule has 2 N–H and O–H groups in total. The summed E-state index contributed by atoms with van der Waals surface area (Å²) in [5.41, 5.74) is 1.84. The second-order valence-corrected chi connectivity index (χ2v) is 7.71. The maximum absolute atomic E-state index is 12.5. The van der Waals surface area contributed by atoms with Crippen LogP contribution in [0, 0.1) is 13.8 Å². The fourth-order valence-electron chi connectivity index (χ4n) is 2.84. The van der Waals surface area contributed by atoms with Crippen LogP contribution in [0.15, 0.2) is 24.3 Å². The molecule has 1 aromatic heterocycles. The van der Waals surface area contributed by atoms with Gasteiger partial charge in [0.15, 0.2) is 5.13 Å². The first kappa shape index (κ1) is 19.8. The van der Waals surface area contributed by atoms with Crippen molar-refractivity contribution in [3.8, 4) is 5.75 Å². The topological polar surface area (TPSA) is 101 Å². The number of hydrogen-bond donors (Lipinski definition) is 2. The van der Waals surface area contributed by atoms with Crippen molar-refractivity contribution in [1.82, 2.24) is 15.2 Å². The summed E-state index contributed by atoms with van der Waals surface area (Å²) in [7, 11) is 1.59. The van der Waals surface area contributed by atoms with E-state index in [1.807, 2.05) is 38.1 Å². The maximum atomic E-state index is 12.5. The number of benzene rings is 1. The molecular formula is C19H22N4O4S. The molecule has 0 bridgehead atoms. The van der Waals surface area contributed by atoms with Crippen molar-refractivity contribution in [3.05, 3.63) is 40.4 Å². The Hall–Kier alpha value is -2.94. The van der Waals surface area contributed by atoms with Crippen LogP contribution < -0.4 is 15.4 Å². The number of hydrogen-bond acceptors (Lipinski definition) is 6. The van der Waals surface area contributed by atoms with Crippen molar-refractivity contribution >= 4 is 34.3 Å². The van der Waals surface area contributed by atoms with E-state index in [0.717, 1.165) is 26.8 Å². The van der Waals surface area contributed by atoms with E-state index in [9.17, 15) is 14.4 Å². The maximum Gasteiger partial charge on any atom is 0.324 e.